The van der Waals surface area contributed by atoms with Gasteiger partial charge in [0.1, 0.15) is 17.5 Å². The SMILES string of the molecule is CC1(C(=O)O)CC(c2ccc(C(F)(F)F)cc2)C[N+](C(=O)O)(C(C)(C)C)C1. The largest absolute Gasteiger partial charge is 0.514 e. The molecule has 8 heteroatoms. The Labute approximate surface area is 156 Å². The van der Waals surface area contributed by atoms with Gasteiger partial charge in [-0.05, 0) is 51.8 Å². The van der Waals surface area contributed by atoms with Crippen LogP contribution in [0.5, 0.6) is 0 Å². The number of hydrogen-bond acceptors (Lipinski definition) is 2. The minimum absolute atomic E-state index is 0.0850. The molecule has 1 saturated heterocycles. The number of rotatable bonds is 2. The van der Waals surface area contributed by atoms with Gasteiger partial charge in [0.25, 0.3) is 0 Å². The molecular weight excluding hydrogens is 363 g/mol. The molecule has 1 aromatic carbocycles. The summed E-state index contributed by atoms with van der Waals surface area (Å²) < 4.78 is 38.0. The van der Waals surface area contributed by atoms with E-state index in [1.54, 1.807) is 20.8 Å². The zero-order chi connectivity index (χ0) is 20.8. The zero-order valence-corrected chi connectivity index (χ0v) is 15.8. The van der Waals surface area contributed by atoms with E-state index in [0.717, 1.165) is 12.1 Å². The molecule has 1 heterocycles. The Bertz CT molecular complexity index is 739. The molecule has 0 bridgehead atoms. The van der Waals surface area contributed by atoms with Crippen LogP contribution in [0.15, 0.2) is 24.3 Å². The van der Waals surface area contributed by atoms with Crippen molar-refractivity contribution < 1.29 is 37.5 Å². The van der Waals surface area contributed by atoms with Gasteiger partial charge in [0.2, 0.25) is 0 Å². The van der Waals surface area contributed by atoms with Crippen LogP contribution in [0, 0.1) is 5.41 Å². The van der Waals surface area contributed by atoms with Crippen molar-refractivity contribution in [1.82, 2.24) is 0 Å². The van der Waals surface area contributed by atoms with E-state index >= 15 is 0 Å². The molecular formula is C19H25F3NO4+. The van der Waals surface area contributed by atoms with E-state index in [4.69, 9.17) is 0 Å². The molecule has 27 heavy (non-hydrogen) atoms. The predicted molar refractivity (Wildman–Crippen MR) is 92.3 cm³/mol. The summed E-state index contributed by atoms with van der Waals surface area (Å²) in [5.74, 6) is -1.59. The third kappa shape index (κ3) is 3.81. The second-order valence-electron chi connectivity index (χ2n) is 8.65. The van der Waals surface area contributed by atoms with Crippen LogP contribution < -0.4 is 0 Å². The molecule has 2 N–H and O–H groups in total. The third-order valence-electron chi connectivity index (χ3n) is 5.72. The average Bonchev–Trinajstić information content (AvgIpc) is 2.52. The van der Waals surface area contributed by atoms with E-state index in [2.05, 4.69) is 0 Å². The lowest BCUT2D eigenvalue weighted by molar-refractivity contribution is -0.914. The highest BCUT2D eigenvalue weighted by atomic mass is 19.4. The number of carboxylic acids is 1. The third-order valence-corrected chi connectivity index (χ3v) is 5.72. The number of hydrogen-bond donors (Lipinski definition) is 2. The molecule has 0 saturated carbocycles. The number of quaternary nitrogens is 1. The first-order valence-electron chi connectivity index (χ1n) is 8.64. The number of amides is 1. The Balaban J connectivity index is 2.53. The maximum absolute atomic E-state index is 12.8. The normalized spacial score (nSPS) is 29.4. The molecule has 2 rings (SSSR count). The second-order valence-corrected chi connectivity index (χ2v) is 8.65. The number of aliphatic carboxylic acids is 1. The summed E-state index contributed by atoms with van der Waals surface area (Å²) in [6, 6.07) is 4.55. The number of likely N-dealkylation sites (tertiary alicyclic amines) is 1. The number of benzene rings is 1. The van der Waals surface area contributed by atoms with Crippen LogP contribution in [0.3, 0.4) is 0 Å². The van der Waals surface area contributed by atoms with Crippen molar-refractivity contribution in [2.24, 2.45) is 5.41 Å². The van der Waals surface area contributed by atoms with Gasteiger partial charge >= 0.3 is 18.2 Å². The fraction of sp³-hybridized carbons (Fsp3) is 0.579. The fourth-order valence-electron chi connectivity index (χ4n) is 3.98. The Hall–Kier alpha value is -2.09. The van der Waals surface area contributed by atoms with Gasteiger partial charge < -0.3 is 10.2 Å². The molecule has 3 atom stereocenters. The molecule has 0 aromatic heterocycles. The first-order chi connectivity index (χ1) is 12.1. The molecule has 0 radical (unpaired) electrons. The van der Waals surface area contributed by atoms with Crippen molar-refractivity contribution in [2.75, 3.05) is 13.1 Å². The number of carbonyl (C=O) groups is 2. The van der Waals surface area contributed by atoms with Gasteiger partial charge in [-0.15, -0.1) is 0 Å². The maximum atomic E-state index is 12.8. The Kier molecular flexibility index (Phi) is 5.11. The highest BCUT2D eigenvalue weighted by molar-refractivity contribution is 5.75. The van der Waals surface area contributed by atoms with Gasteiger partial charge in [0.15, 0.2) is 0 Å². The van der Waals surface area contributed by atoms with Gasteiger partial charge in [-0.3, -0.25) is 4.79 Å². The summed E-state index contributed by atoms with van der Waals surface area (Å²) >= 11 is 0. The van der Waals surface area contributed by atoms with Gasteiger partial charge in [-0.25, -0.2) is 4.48 Å². The van der Waals surface area contributed by atoms with Crippen molar-refractivity contribution >= 4 is 12.1 Å². The predicted octanol–water partition coefficient (Wildman–Crippen LogP) is 4.58. The van der Waals surface area contributed by atoms with Gasteiger partial charge in [0.05, 0.1) is 12.1 Å². The van der Waals surface area contributed by atoms with Crippen LogP contribution in [-0.2, 0) is 11.0 Å². The summed E-state index contributed by atoms with van der Waals surface area (Å²) in [4.78, 5) is 24.2. The van der Waals surface area contributed by atoms with Crippen molar-refractivity contribution in [1.29, 1.82) is 0 Å². The smallest absolute Gasteiger partial charge is 0.481 e. The Morgan fingerprint density at radius 2 is 1.63 bits per heavy atom. The first-order valence-corrected chi connectivity index (χ1v) is 8.64. The van der Waals surface area contributed by atoms with Crippen LogP contribution in [-0.4, -0.2) is 45.4 Å². The van der Waals surface area contributed by atoms with Crippen LogP contribution in [0.25, 0.3) is 0 Å². The van der Waals surface area contributed by atoms with Crippen molar-refractivity contribution in [3.8, 4) is 0 Å². The number of piperidine rings is 1. The lowest BCUT2D eigenvalue weighted by Crippen LogP contribution is -2.70. The lowest BCUT2D eigenvalue weighted by Gasteiger charge is -2.52. The van der Waals surface area contributed by atoms with E-state index in [-0.39, 0.29) is 19.5 Å². The van der Waals surface area contributed by atoms with Gasteiger partial charge in [0, 0.05) is 5.92 Å². The molecule has 1 fully saturated rings. The van der Waals surface area contributed by atoms with Crippen molar-refractivity contribution in [2.45, 2.75) is 51.7 Å². The van der Waals surface area contributed by atoms with E-state index in [9.17, 15) is 33.0 Å². The minimum Gasteiger partial charge on any atom is -0.481 e. The Morgan fingerprint density at radius 1 is 1.11 bits per heavy atom. The highest BCUT2D eigenvalue weighted by Gasteiger charge is 2.59. The minimum atomic E-state index is -4.47. The molecule has 3 unspecified atom stereocenters. The number of halogens is 3. The summed E-state index contributed by atoms with van der Waals surface area (Å²) in [6.45, 7) is 6.74. The topological polar surface area (TPSA) is 74.6 Å². The molecule has 1 aliphatic heterocycles. The molecule has 1 aliphatic rings. The highest BCUT2D eigenvalue weighted by Crippen LogP contribution is 2.46. The molecule has 5 nitrogen and oxygen atoms in total. The monoisotopic (exact) mass is 388 g/mol. The number of alkyl halides is 3. The van der Waals surface area contributed by atoms with E-state index in [1.807, 2.05) is 0 Å². The second kappa shape index (κ2) is 6.51. The van der Waals surface area contributed by atoms with Crippen molar-refractivity contribution in [3.05, 3.63) is 35.4 Å². The van der Waals surface area contributed by atoms with Crippen LogP contribution in [0.1, 0.15) is 51.2 Å². The summed E-state index contributed by atoms with van der Waals surface area (Å²) in [6.07, 6.45) is -5.43. The summed E-state index contributed by atoms with van der Waals surface area (Å²) in [7, 11) is 0. The standard InChI is InChI=1S/C19H24F3NO4/c1-17(2,3)23(16(26)27)10-13(9-18(4,11-23)15(24)25)12-5-7-14(8-6-12)19(20,21)22/h5-8,13H,9-11H2,1-4H3,(H-,24,25,26,27)/p+1. The van der Waals surface area contributed by atoms with Crippen molar-refractivity contribution in [3.63, 3.8) is 0 Å². The molecule has 150 valence electrons. The maximum Gasteiger partial charge on any atom is 0.514 e. The average molecular weight is 388 g/mol. The molecule has 0 aliphatic carbocycles. The number of nitrogens with zero attached hydrogens (tertiary/aromatic N) is 1. The fourth-order valence-corrected chi connectivity index (χ4v) is 3.98. The van der Waals surface area contributed by atoms with Crippen LogP contribution >= 0.6 is 0 Å². The molecule has 1 amide bonds. The van der Waals surface area contributed by atoms with E-state index in [1.165, 1.54) is 19.1 Å². The quantitative estimate of drug-likeness (QED) is 0.728. The Morgan fingerprint density at radius 3 is 2.00 bits per heavy atom. The molecule has 1 aromatic rings. The lowest BCUT2D eigenvalue weighted by atomic mass is 9.71. The molecule has 0 spiro atoms. The van der Waals surface area contributed by atoms with Crippen LogP contribution in [0.2, 0.25) is 0 Å². The summed E-state index contributed by atoms with van der Waals surface area (Å²) in [5, 5.41) is 19.7. The van der Waals surface area contributed by atoms with E-state index in [0.29, 0.717) is 5.56 Å². The number of carboxylic acid groups (broad SMARTS) is 2. The van der Waals surface area contributed by atoms with E-state index < -0.39 is 45.2 Å². The van der Waals surface area contributed by atoms with Gasteiger partial charge in [-0.1, -0.05) is 12.1 Å². The first kappa shape index (κ1) is 21.2. The van der Waals surface area contributed by atoms with Gasteiger partial charge in [-0.2, -0.15) is 18.0 Å². The zero-order valence-electron chi connectivity index (χ0n) is 15.8. The summed E-state index contributed by atoms with van der Waals surface area (Å²) in [5.41, 5.74) is -2.37. The van der Waals surface area contributed by atoms with Crippen LogP contribution in [0.4, 0.5) is 18.0 Å².